The predicted molar refractivity (Wildman–Crippen MR) is 122 cm³/mol. The number of hydrogen-bond acceptors (Lipinski definition) is 5. The number of carbonyl (C=O) groups excluding carboxylic acids is 2. The van der Waals surface area contributed by atoms with Crippen molar-refractivity contribution in [3.63, 3.8) is 0 Å². The topological polar surface area (TPSA) is 53.1 Å². The van der Waals surface area contributed by atoms with Gasteiger partial charge in [-0.2, -0.15) is 0 Å². The van der Waals surface area contributed by atoms with Crippen molar-refractivity contribution < 1.29 is 14.3 Å². The Hall–Kier alpha value is -3.38. The van der Waals surface area contributed by atoms with Crippen LogP contribution in [-0.4, -0.2) is 56.0 Å². The number of piperazine rings is 1. The van der Waals surface area contributed by atoms with Gasteiger partial charge in [0.2, 0.25) is 5.91 Å². The summed E-state index contributed by atoms with van der Waals surface area (Å²) in [6.07, 6.45) is 0.241. The molecule has 3 aromatic rings. The van der Waals surface area contributed by atoms with E-state index in [9.17, 15) is 9.59 Å². The molecule has 1 atom stereocenters. The van der Waals surface area contributed by atoms with Crippen LogP contribution in [0.15, 0.2) is 66.7 Å². The molecule has 1 unspecified atom stereocenters. The third kappa shape index (κ3) is 3.53. The van der Waals surface area contributed by atoms with Gasteiger partial charge in [0.15, 0.2) is 0 Å². The highest BCUT2D eigenvalue weighted by atomic mass is 16.5. The molecule has 0 bridgehead atoms. The van der Waals surface area contributed by atoms with Gasteiger partial charge in [0.1, 0.15) is 5.75 Å². The van der Waals surface area contributed by atoms with Crippen LogP contribution in [0.25, 0.3) is 10.8 Å². The van der Waals surface area contributed by atoms with Crippen LogP contribution in [0.4, 0.5) is 11.4 Å². The molecule has 6 heteroatoms. The normalized spacial score (nSPS) is 20.0. The lowest BCUT2D eigenvalue weighted by Crippen LogP contribution is -2.52. The lowest BCUT2D eigenvalue weighted by atomic mass is 10.1. The first-order valence-electron chi connectivity index (χ1n) is 10.6. The molecule has 0 saturated carbocycles. The van der Waals surface area contributed by atoms with Gasteiger partial charge in [-0.05, 0) is 35.7 Å². The average molecular weight is 415 g/mol. The number of benzene rings is 3. The second-order valence-corrected chi connectivity index (χ2v) is 8.01. The van der Waals surface area contributed by atoms with Gasteiger partial charge in [0.25, 0.3) is 5.91 Å². The molecule has 5 rings (SSSR count). The second kappa shape index (κ2) is 8.04. The van der Waals surface area contributed by atoms with Crippen molar-refractivity contribution in [2.75, 3.05) is 43.1 Å². The molecule has 6 nitrogen and oxygen atoms in total. The summed E-state index contributed by atoms with van der Waals surface area (Å²) in [7, 11) is 1.66. The molecule has 0 spiro atoms. The van der Waals surface area contributed by atoms with Crippen molar-refractivity contribution >= 4 is 34.0 Å². The molecule has 2 aliphatic heterocycles. The van der Waals surface area contributed by atoms with Crippen molar-refractivity contribution in [1.82, 2.24) is 4.90 Å². The van der Waals surface area contributed by atoms with E-state index in [1.54, 1.807) is 7.11 Å². The zero-order valence-corrected chi connectivity index (χ0v) is 17.5. The van der Waals surface area contributed by atoms with Gasteiger partial charge in [-0.3, -0.25) is 14.5 Å². The summed E-state index contributed by atoms with van der Waals surface area (Å²) in [5.41, 5.74) is 1.83. The number of hydrogen-bond donors (Lipinski definition) is 0. The summed E-state index contributed by atoms with van der Waals surface area (Å²) in [6.45, 7) is 3.13. The monoisotopic (exact) mass is 415 g/mol. The summed E-state index contributed by atoms with van der Waals surface area (Å²) in [5.74, 6) is 0.606. The van der Waals surface area contributed by atoms with Crippen molar-refractivity contribution in [2.24, 2.45) is 0 Å². The first kappa shape index (κ1) is 19.6. The molecule has 2 heterocycles. The van der Waals surface area contributed by atoms with Crippen molar-refractivity contribution in [1.29, 1.82) is 0 Å². The van der Waals surface area contributed by atoms with E-state index in [1.807, 2.05) is 54.6 Å². The Morgan fingerprint density at radius 2 is 1.55 bits per heavy atom. The Morgan fingerprint density at radius 1 is 0.839 bits per heavy atom. The van der Waals surface area contributed by atoms with E-state index < -0.39 is 0 Å². The Bertz CT molecular complexity index is 1120. The van der Waals surface area contributed by atoms with E-state index in [4.69, 9.17) is 4.74 Å². The van der Waals surface area contributed by atoms with Crippen LogP contribution in [0.3, 0.4) is 0 Å². The van der Waals surface area contributed by atoms with Gasteiger partial charge in [0.05, 0.1) is 25.3 Å². The Balaban J connectivity index is 1.31. The first-order chi connectivity index (χ1) is 15.2. The van der Waals surface area contributed by atoms with Crippen LogP contribution in [0.2, 0.25) is 0 Å². The van der Waals surface area contributed by atoms with Crippen LogP contribution >= 0.6 is 0 Å². The third-order valence-corrected chi connectivity index (χ3v) is 6.32. The number of fused-ring (bicyclic) bond motifs is 1. The smallest absolute Gasteiger partial charge is 0.251 e. The minimum Gasteiger partial charge on any atom is -0.497 e. The van der Waals surface area contributed by atoms with Gasteiger partial charge < -0.3 is 9.64 Å². The van der Waals surface area contributed by atoms with Gasteiger partial charge in [-0.25, -0.2) is 4.90 Å². The molecule has 2 fully saturated rings. The van der Waals surface area contributed by atoms with Crippen LogP contribution in [0, 0.1) is 0 Å². The fourth-order valence-corrected chi connectivity index (χ4v) is 4.64. The average Bonchev–Trinajstić information content (AvgIpc) is 3.12. The minimum atomic E-state index is -0.385. The number of rotatable bonds is 4. The lowest BCUT2D eigenvalue weighted by molar-refractivity contribution is -0.123. The minimum absolute atomic E-state index is 0.112. The number of carbonyl (C=O) groups is 2. The van der Waals surface area contributed by atoms with Crippen LogP contribution in [0.5, 0.6) is 5.75 Å². The van der Waals surface area contributed by atoms with Crippen LogP contribution in [0.1, 0.15) is 6.42 Å². The number of ether oxygens (including phenoxy) is 1. The quantitative estimate of drug-likeness (QED) is 0.612. The highest BCUT2D eigenvalue weighted by Crippen LogP contribution is 2.32. The summed E-state index contributed by atoms with van der Waals surface area (Å²) in [6, 6.07) is 21.3. The zero-order valence-electron chi connectivity index (χ0n) is 17.5. The fraction of sp³-hybridized carbons (Fsp3) is 0.280. The molecule has 2 aliphatic rings. The Labute approximate surface area is 181 Å². The van der Waals surface area contributed by atoms with Crippen molar-refractivity contribution in [2.45, 2.75) is 12.5 Å². The van der Waals surface area contributed by atoms with Gasteiger partial charge in [0, 0.05) is 37.3 Å². The van der Waals surface area contributed by atoms with E-state index in [1.165, 1.54) is 4.90 Å². The number of imide groups is 1. The van der Waals surface area contributed by atoms with E-state index in [0.717, 1.165) is 48.4 Å². The number of anilines is 2. The zero-order chi connectivity index (χ0) is 21.4. The van der Waals surface area contributed by atoms with Crippen LogP contribution in [-0.2, 0) is 9.59 Å². The molecular weight excluding hydrogens is 390 g/mol. The maximum absolute atomic E-state index is 13.3. The highest BCUT2D eigenvalue weighted by molar-refractivity contribution is 6.25. The molecule has 0 aromatic heterocycles. The lowest BCUT2D eigenvalue weighted by Gasteiger charge is -2.38. The predicted octanol–water partition coefficient (Wildman–Crippen LogP) is 3.30. The van der Waals surface area contributed by atoms with Crippen LogP contribution < -0.4 is 14.5 Å². The maximum atomic E-state index is 13.3. The molecular formula is C25H25N3O3. The molecule has 31 heavy (non-hydrogen) atoms. The van der Waals surface area contributed by atoms with Gasteiger partial charge >= 0.3 is 0 Å². The number of amides is 2. The Kier molecular flexibility index (Phi) is 5.08. The SMILES string of the molecule is COc1ccc(N2CCN(C3CC(=O)N(c4cccc5ccccc45)C3=O)CC2)cc1. The fourth-order valence-electron chi connectivity index (χ4n) is 4.64. The summed E-state index contributed by atoms with van der Waals surface area (Å²) in [4.78, 5) is 32.1. The number of nitrogens with zero attached hydrogens (tertiary/aromatic N) is 3. The number of methoxy groups -OCH3 is 1. The molecule has 158 valence electrons. The van der Waals surface area contributed by atoms with Gasteiger partial charge in [-0.1, -0.05) is 36.4 Å². The molecule has 3 aromatic carbocycles. The van der Waals surface area contributed by atoms with Crippen molar-refractivity contribution in [3.05, 3.63) is 66.7 Å². The van der Waals surface area contributed by atoms with E-state index >= 15 is 0 Å². The summed E-state index contributed by atoms with van der Waals surface area (Å²) < 4.78 is 5.24. The molecule has 0 aliphatic carbocycles. The third-order valence-electron chi connectivity index (χ3n) is 6.32. The molecule has 0 radical (unpaired) electrons. The molecule has 2 saturated heterocycles. The summed E-state index contributed by atoms with van der Waals surface area (Å²) >= 11 is 0. The largest absolute Gasteiger partial charge is 0.497 e. The highest BCUT2D eigenvalue weighted by Gasteiger charge is 2.43. The van der Waals surface area contributed by atoms with Crippen molar-refractivity contribution in [3.8, 4) is 5.75 Å². The second-order valence-electron chi connectivity index (χ2n) is 8.01. The summed E-state index contributed by atoms with van der Waals surface area (Å²) in [5, 5.41) is 1.95. The van der Waals surface area contributed by atoms with Gasteiger partial charge in [-0.15, -0.1) is 0 Å². The molecule has 2 amide bonds. The van der Waals surface area contributed by atoms with E-state index in [0.29, 0.717) is 5.69 Å². The van der Waals surface area contributed by atoms with E-state index in [2.05, 4.69) is 21.9 Å². The maximum Gasteiger partial charge on any atom is 0.251 e. The Morgan fingerprint density at radius 3 is 2.29 bits per heavy atom. The van der Waals surface area contributed by atoms with E-state index in [-0.39, 0.29) is 24.3 Å². The molecule has 0 N–H and O–H groups in total. The standard InChI is InChI=1S/C25H25N3O3/c1-31-20-11-9-19(10-12-20)26-13-15-27(16-14-26)23-17-24(29)28(25(23)30)22-8-4-6-18-5-2-3-7-21(18)22/h2-12,23H,13-17H2,1H3. The first-order valence-corrected chi connectivity index (χ1v) is 10.6.